The van der Waals surface area contributed by atoms with Crippen LogP contribution in [0.15, 0.2) is 54.7 Å². The van der Waals surface area contributed by atoms with E-state index in [1.807, 2.05) is 30.3 Å². The number of likely N-dealkylation sites (tertiary alicyclic amines) is 1. The Kier molecular flexibility index (Phi) is 7.64. The highest BCUT2D eigenvalue weighted by molar-refractivity contribution is 5.88. The molecular weight excluding hydrogens is 456 g/mol. The fraction of sp³-hybridized carbons (Fsp3) is 0.308. The van der Waals surface area contributed by atoms with Crippen LogP contribution in [0.5, 0.6) is 5.75 Å². The first-order valence-electron chi connectivity index (χ1n) is 11.4. The van der Waals surface area contributed by atoms with Gasteiger partial charge in [-0.1, -0.05) is 30.3 Å². The summed E-state index contributed by atoms with van der Waals surface area (Å²) in [4.78, 5) is 35.2. The van der Waals surface area contributed by atoms with E-state index in [1.54, 1.807) is 4.90 Å². The van der Waals surface area contributed by atoms with Crippen molar-refractivity contribution in [1.29, 1.82) is 0 Å². The molecule has 35 heavy (non-hydrogen) atoms. The maximum atomic E-state index is 14.0. The van der Waals surface area contributed by atoms with E-state index in [9.17, 15) is 23.5 Å². The quantitative estimate of drug-likeness (QED) is 0.501. The highest BCUT2D eigenvalue weighted by Gasteiger charge is 2.30. The number of hydrogen-bond donors (Lipinski definition) is 1. The van der Waals surface area contributed by atoms with Crippen molar-refractivity contribution in [2.24, 2.45) is 0 Å². The van der Waals surface area contributed by atoms with Crippen LogP contribution in [-0.4, -0.2) is 38.4 Å². The average Bonchev–Trinajstić information content (AvgIpc) is 2.87. The Labute approximate surface area is 201 Å². The largest absolute Gasteiger partial charge is 0.484 e. The van der Waals surface area contributed by atoms with Gasteiger partial charge in [-0.3, -0.25) is 4.79 Å². The second-order valence-electron chi connectivity index (χ2n) is 8.34. The zero-order valence-electron chi connectivity index (χ0n) is 19.0. The molecule has 1 saturated heterocycles. The molecule has 0 aliphatic carbocycles. The first kappa shape index (κ1) is 24.3. The van der Waals surface area contributed by atoms with Gasteiger partial charge in [0.1, 0.15) is 18.0 Å². The van der Waals surface area contributed by atoms with Gasteiger partial charge in [0.15, 0.2) is 17.4 Å². The molecule has 1 aliphatic heterocycles. The van der Waals surface area contributed by atoms with Crippen molar-refractivity contribution in [3.05, 3.63) is 89.0 Å². The first-order valence-corrected chi connectivity index (χ1v) is 11.4. The van der Waals surface area contributed by atoms with Crippen LogP contribution >= 0.6 is 0 Å². The zero-order chi connectivity index (χ0) is 24.8. The standard InChI is InChI=1S/C26H25F2N3O4/c27-18-10-11-23(20(28)14-18)35-16-21-19(26(33)34)15-29-25(30-21)22-8-4-5-13-31(22)24(32)12-9-17-6-2-1-3-7-17/h1-3,6-7,10-11,14-15,22H,4-5,8-9,12-13,16H2,(H,33,34). The van der Waals surface area contributed by atoms with Gasteiger partial charge >= 0.3 is 5.97 Å². The first-order chi connectivity index (χ1) is 16.9. The molecule has 0 saturated carbocycles. The van der Waals surface area contributed by atoms with Gasteiger partial charge in [-0.05, 0) is 43.4 Å². The second-order valence-corrected chi connectivity index (χ2v) is 8.34. The van der Waals surface area contributed by atoms with Gasteiger partial charge in [0, 0.05) is 25.2 Å². The molecule has 9 heteroatoms. The minimum atomic E-state index is -1.26. The van der Waals surface area contributed by atoms with Crippen LogP contribution in [0.2, 0.25) is 0 Å². The van der Waals surface area contributed by atoms with E-state index in [1.165, 1.54) is 6.20 Å². The van der Waals surface area contributed by atoms with E-state index >= 15 is 0 Å². The smallest absolute Gasteiger partial charge is 0.339 e. The lowest BCUT2D eigenvalue weighted by atomic mass is 9.99. The summed E-state index contributed by atoms with van der Waals surface area (Å²) in [7, 11) is 0. The number of carboxylic acids is 1. The lowest BCUT2D eigenvalue weighted by Crippen LogP contribution is -2.39. The Hall–Kier alpha value is -3.88. The van der Waals surface area contributed by atoms with Crippen molar-refractivity contribution in [2.45, 2.75) is 44.8 Å². The Morgan fingerprint density at radius 1 is 1.11 bits per heavy atom. The normalized spacial score (nSPS) is 15.6. The summed E-state index contributed by atoms with van der Waals surface area (Å²) in [5.41, 5.74) is 0.937. The molecule has 0 radical (unpaired) electrons. The SMILES string of the molecule is O=C(O)c1cnc(C2CCCCN2C(=O)CCc2ccccc2)nc1COc1ccc(F)cc1F. The molecule has 1 amide bonds. The lowest BCUT2D eigenvalue weighted by Gasteiger charge is -2.35. The Bertz CT molecular complexity index is 1210. The topological polar surface area (TPSA) is 92.6 Å². The summed E-state index contributed by atoms with van der Waals surface area (Å²) >= 11 is 0. The highest BCUT2D eigenvalue weighted by Crippen LogP contribution is 2.30. The summed E-state index contributed by atoms with van der Waals surface area (Å²) in [6, 6.07) is 12.2. The molecule has 7 nitrogen and oxygen atoms in total. The number of aromatic nitrogens is 2. The molecule has 1 unspecified atom stereocenters. The van der Waals surface area contributed by atoms with E-state index in [-0.39, 0.29) is 29.5 Å². The molecule has 182 valence electrons. The number of halogens is 2. The number of rotatable bonds is 8. The van der Waals surface area contributed by atoms with Gasteiger partial charge in [-0.2, -0.15) is 0 Å². The number of carbonyl (C=O) groups is 2. The number of aryl methyl sites for hydroxylation is 1. The fourth-order valence-corrected chi connectivity index (χ4v) is 4.16. The number of amides is 1. The summed E-state index contributed by atoms with van der Waals surface area (Å²) in [6.07, 6.45) is 4.53. The van der Waals surface area contributed by atoms with Crippen LogP contribution in [-0.2, 0) is 17.8 Å². The fourth-order valence-electron chi connectivity index (χ4n) is 4.16. The Morgan fingerprint density at radius 3 is 2.66 bits per heavy atom. The van der Waals surface area contributed by atoms with Crippen molar-refractivity contribution in [1.82, 2.24) is 14.9 Å². The van der Waals surface area contributed by atoms with Gasteiger partial charge in [0.25, 0.3) is 0 Å². The third-order valence-corrected chi connectivity index (χ3v) is 5.97. The van der Waals surface area contributed by atoms with Crippen LogP contribution in [0.25, 0.3) is 0 Å². The van der Waals surface area contributed by atoms with E-state index in [0.717, 1.165) is 30.5 Å². The van der Waals surface area contributed by atoms with Crippen LogP contribution in [0.3, 0.4) is 0 Å². The molecule has 1 atom stereocenters. The zero-order valence-corrected chi connectivity index (χ0v) is 19.0. The molecule has 0 spiro atoms. The number of hydrogen-bond acceptors (Lipinski definition) is 5. The van der Waals surface area contributed by atoms with Gasteiger partial charge in [0.2, 0.25) is 5.91 Å². The van der Waals surface area contributed by atoms with Crippen molar-refractivity contribution >= 4 is 11.9 Å². The maximum absolute atomic E-state index is 14.0. The van der Waals surface area contributed by atoms with Crippen molar-refractivity contribution in [2.75, 3.05) is 6.54 Å². The van der Waals surface area contributed by atoms with E-state index in [0.29, 0.717) is 37.7 Å². The van der Waals surface area contributed by atoms with Crippen LogP contribution in [0, 0.1) is 11.6 Å². The summed E-state index contributed by atoms with van der Waals surface area (Å²) in [6.45, 7) is 0.212. The second kappa shape index (κ2) is 11.0. The summed E-state index contributed by atoms with van der Waals surface area (Å²) in [5, 5.41) is 9.55. The van der Waals surface area contributed by atoms with Crippen LogP contribution in [0.4, 0.5) is 8.78 Å². The predicted octanol–water partition coefficient (Wildman–Crippen LogP) is 4.72. The molecule has 3 aromatic rings. The minimum absolute atomic E-state index is 0.0179. The molecular formula is C26H25F2N3O4. The molecule has 1 N–H and O–H groups in total. The van der Waals surface area contributed by atoms with Crippen LogP contribution in [0.1, 0.15) is 59.2 Å². The monoisotopic (exact) mass is 481 g/mol. The number of piperidine rings is 1. The molecule has 2 heterocycles. The number of nitrogens with zero attached hydrogens (tertiary/aromatic N) is 3. The third kappa shape index (κ3) is 5.98. The Morgan fingerprint density at radius 2 is 1.91 bits per heavy atom. The van der Waals surface area contributed by atoms with Crippen LogP contribution < -0.4 is 4.74 Å². The number of benzene rings is 2. The number of aromatic carboxylic acids is 1. The third-order valence-electron chi connectivity index (χ3n) is 5.97. The van der Waals surface area contributed by atoms with E-state index in [2.05, 4.69) is 9.97 Å². The predicted molar refractivity (Wildman–Crippen MR) is 123 cm³/mol. The molecule has 0 bridgehead atoms. The highest BCUT2D eigenvalue weighted by atomic mass is 19.1. The van der Waals surface area contributed by atoms with Crippen molar-refractivity contribution in [3.8, 4) is 5.75 Å². The van der Waals surface area contributed by atoms with Crippen molar-refractivity contribution in [3.63, 3.8) is 0 Å². The molecule has 1 aliphatic rings. The Balaban J connectivity index is 1.53. The summed E-state index contributed by atoms with van der Waals surface area (Å²) < 4.78 is 32.5. The number of ether oxygens (including phenoxy) is 1. The molecule has 2 aromatic carbocycles. The lowest BCUT2D eigenvalue weighted by molar-refractivity contribution is -0.135. The van der Waals surface area contributed by atoms with Gasteiger partial charge in [-0.15, -0.1) is 0 Å². The number of carbonyl (C=O) groups excluding carboxylic acids is 1. The summed E-state index contributed by atoms with van der Waals surface area (Å²) in [5.74, 6) is -2.83. The van der Waals surface area contributed by atoms with Gasteiger partial charge in [0.05, 0.1) is 11.7 Å². The molecule has 1 aromatic heterocycles. The molecule has 1 fully saturated rings. The van der Waals surface area contributed by atoms with Gasteiger partial charge in [-0.25, -0.2) is 23.5 Å². The van der Waals surface area contributed by atoms with E-state index < -0.39 is 23.6 Å². The minimum Gasteiger partial charge on any atom is -0.484 e. The van der Waals surface area contributed by atoms with Crippen molar-refractivity contribution < 1.29 is 28.2 Å². The number of carboxylic acid groups (broad SMARTS) is 1. The van der Waals surface area contributed by atoms with E-state index in [4.69, 9.17) is 4.74 Å². The molecule has 4 rings (SSSR count). The van der Waals surface area contributed by atoms with Gasteiger partial charge < -0.3 is 14.7 Å². The maximum Gasteiger partial charge on any atom is 0.339 e. The average molecular weight is 481 g/mol.